The van der Waals surface area contributed by atoms with Gasteiger partial charge in [-0.2, -0.15) is 0 Å². The third-order valence-electron chi connectivity index (χ3n) is 12.4. The third kappa shape index (κ3) is 5.20. The summed E-state index contributed by atoms with van der Waals surface area (Å²) in [6, 6.07) is 76.2. The van der Waals surface area contributed by atoms with Gasteiger partial charge in [0.05, 0.1) is 27.8 Å². The Morgan fingerprint density at radius 1 is 0.339 bits per heavy atom. The molecule has 0 bridgehead atoms. The van der Waals surface area contributed by atoms with Gasteiger partial charge in [0.25, 0.3) is 0 Å². The van der Waals surface area contributed by atoms with Crippen molar-refractivity contribution >= 4 is 75.1 Å². The fourth-order valence-electron chi connectivity index (χ4n) is 9.67. The van der Waals surface area contributed by atoms with Gasteiger partial charge in [0.2, 0.25) is 0 Å². The number of rotatable bonds is 6. The zero-order valence-corrected chi connectivity index (χ0v) is 34.2. The highest BCUT2D eigenvalue weighted by atomic mass is 32.1. The summed E-state index contributed by atoms with van der Waals surface area (Å²) >= 11 is 1.89. The molecule has 62 heavy (non-hydrogen) atoms. The third-order valence-corrected chi connectivity index (χ3v) is 13.6. The number of hydrogen-bond acceptors (Lipinski definition) is 3. The molecule has 290 valence electrons. The molecule has 13 aromatic rings. The van der Waals surface area contributed by atoms with E-state index in [1.165, 1.54) is 58.3 Å². The molecule has 0 saturated heterocycles. The van der Waals surface area contributed by atoms with Crippen molar-refractivity contribution in [3.05, 3.63) is 212 Å². The van der Waals surface area contributed by atoms with Crippen LogP contribution in [0.4, 0.5) is 0 Å². The first-order valence-electron chi connectivity index (χ1n) is 20.9. The van der Waals surface area contributed by atoms with Gasteiger partial charge in [0.15, 0.2) is 11.6 Å². The van der Waals surface area contributed by atoms with Crippen LogP contribution in [0.25, 0.3) is 115 Å². The number of benzene rings is 9. The topological polar surface area (TPSA) is 40.6 Å². The maximum absolute atomic E-state index is 4.86. The molecule has 0 atom stereocenters. The van der Waals surface area contributed by atoms with Gasteiger partial charge in [-0.1, -0.05) is 152 Å². The van der Waals surface area contributed by atoms with Crippen LogP contribution in [0.3, 0.4) is 0 Å². The average molecular weight is 810 g/mol. The number of nitrogens with zero attached hydrogens (tertiary/aromatic N) is 5. The average Bonchev–Trinajstić information content (AvgIpc) is 4.11. The maximum atomic E-state index is 4.86. The number of hydrogen-bond donors (Lipinski definition) is 0. The largest absolute Gasteiger partial charge is 0.309 e. The van der Waals surface area contributed by atoms with Crippen molar-refractivity contribution in [2.45, 2.75) is 0 Å². The Kier molecular flexibility index (Phi) is 7.71. The predicted molar refractivity (Wildman–Crippen MR) is 259 cm³/mol. The summed E-state index contributed by atoms with van der Waals surface area (Å²) in [4.78, 5) is 0. The molecule has 0 fully saturated rings. The highest BCUT2D eigenvalue weighted by molar-refractivity contribution is 7.26. The molecule has 9 aromatic carbocycles. The van der Waals surface area contributed by atoms with Crippen LogP contribution in [-0.2, 0) is 0 Å². The van der Waals surface area contributed by atoms with Gasteiger partial charge < -0.3 is 9.13 Å². The van der Waals surface area contributed by atoms with E-state index in [1.54, 1.807) is 0 Å². The Labute approximate surface area is 360 Å². The molecule has 0 aliphatic rings. The van der Waals surface area contributed by atoms with Crippen LogP contribution in [0.1, 0.15) is 0 Å². The van der Waals surface area contributed by atoms with Crippen molar-refractivity contribution in [1.82, 2.24) is 23.9 Å². The zero-order valence-electron chi connectivity index (χ0n) is 33.4. The molecule has 0 unspecified atom stereocenters. The van der Waals surface area contributed by atoms with E-state index in [2.05, 4.69) is 202 Å². The van der Waals surface area contributed by atoms with E-state index in [0.29, 0.717) is 0 Å². The standard InChI is InChI=1S/C56H35N5S/c1-3-16-36(17-4-1)55-57-58-56(60(55)39-19-5-2-6-20-39)38-30-31-43-42-23-8-12-27-48(42)59(51(43)35-38)40-21-15-18-37(34-40)41-22-7-11-26-47(41)61-49-28-13-9-25-46(49)53-50(61)33-32-45-44-24-10-14-29-52(44)62-54(45)53/h1-35H. The second-order valence-corrected chi connectivity index (χ2v) is 16.9. The number of thiophene rings is 1. The van der Waals surface area contributed by atoms with Gasteiger partial charge in [-0.3, -0.25) is 4.57 Å². The van der Waals surface area contributed by atoms with E-state index < -0.39 is 0 Å². The van der Waals surface area contributed by atoms with Crippen LogP contribution in [0.2, 0.25) is 0 Å². The molecule has 0 N–H and O–H groups in total. The van der Waals surface area contributed by atoms with Crippen LogP contribution >= 0.6 is 11.3 Å². The van der Waals surface area contributed by atoms with Crippen molar-refractivity contribution in [1.29, 1.82) is 0 Å². The molecule has 5 nitrogen and oxygen atoms in total. The number of aromatic nitrogens is 5. The van der Waals surface area contributed by atoms with E-state index in [-0.39, 0.29) is 0 Å². The fraction of sp³-hybridized carbons (Fsp3) is 0. The molecule has 4 heterocycles. The van der Waals surface area contributed by atoms with Crippen LogP contribution < -0.4 is 0 Å². The Morgan fingerprint density at radius 2 is 0.952 bits per heavy atom. The Balaban J connectivity index is 1.00. The van der Waals surface area contributed by atoms with E-state index in [1.807, 2.05) is 35.6 Å². The minimum absolute atomic E-state index is 0.788. The zero-order chi connectivity index (χ0) is 40.7. The lowest BCUT2D eigenvalue weighted by atomic mass is 10.0. The lowest BCUT2D eigenvalue weighted by Crippen LogP contribution is -2.00. The number of fused-ring (bicyclic) bond motifs is 10. The van der Waals surface area contributed by atoms with Crippen molar-refractivity contribution in [3.63, 3.8) is 0 Å². The first kappa shape index (κ1) is 34.8. The van der Waals surface area contributed by atoms with Crippen molar-refractivity contribution in [2.75, 3.05) is 0 Å². The van der Waals surface area contributed by atoms with Gasteiger partial charge >= 0.3 is 0 Å². The van der Waals surface area contributed by atoms with E-state index in [0.717, 1.165) is 56.4 Å². The Bertz CT molecular complexity index is 3870. The quantitative estimate of drug-likeness (QED) is 0.168. The summed E-state index contributed by atoms with van der Waals surface area (Å²) in [5, 5.41) is 17.2. The fourth-order valence-corrected chi connectivity index (χ4v) is 10.9. The van der Waals surface area contributed by atoms with Gasteiger partial charge in [0, 0.05) is 69.8 Å². The molecule has 0 spiro atoms. The molecule has 0 aliphatic heterocycles. The SMILES string of the molecule is c1ccc(-c2nnc(-c3ccc4c5ccccc5n(-c5cccc(-c6ccccc6-n6c7ccccc7c7c8sc9ccccc9c8ccc76)c5)c4c3)n2-c2ccccc2)cc1. The van der Waals surface area contributed by atoms with Crippen molar-refractivity contribution < 1.29 is 0 Å². The van der Waals surface area contributed by atoms with E-state index >= 15 is 0 Å². The highest BCUT2D eigenvalue weighted by Gasteiger charge is 2.22. The first-order chi connectivity index (χ1) is 30.8. The van der Waals surface area contributed by atoms with Gasteiger partial charge in [-0.15, -0.1) is 21.5 Å². The second kappa shape index (κ2) is 13.7. The summed E-state index contributed by atoms with van der Waals surface area (Å²) in [7, 11) is 0. The van der Waals surface area contributed by atoms with Crippen molar-refractivity contribution in [3.8, 4) is 51.0 Å². The lowest BCUT2D eigenvalue weighted by Gasteiger charge is -2.16. The van der Waals surface area contributed by atoms with Crippen LogP contribution in [0, 0.1) is 0 Å². The summed E-state index contributed by atoms with van der Waals surface area (Å²) in [6.07, 6.45) is 0. The maximum Gasteiger partial charge on any atom is 0.168 e. The summed E-state index contributed by atoms with van der Waals surface area (Å²) < 4.78 is 9.69. The summed E-state index contributed by atoms with van der Waals surface area (Å²) in [6.45, 7) is 0. The lowest BCUT2D eigenvalue weighted by molar-refractivity contribution is 1.07. The predicted octanol–water partition coefficient (Wildman–Crippen LogP) is 14.8. The molecule has 0 amide bonds. The molecule has 13 rings (SSSR count). The molecule has 0 radical (unpaired) electrons. The summed E-state index contributed by atoms with van der Waals surface area (Å²) in [5.74, 6) is 1.59. The van der Waals surface area contributed by atoms with E-state index in [4.69, 9.17) is 10.2 Å². The minimum atomic E-state index is 0.788. The minimum Gasteiger partial charge on any atom is -0.309 e. The molecule has 0 saturated carbocycles. The molecule has 0 aliphatic carbocycles. The van der Waals surface area contributed by atoms with Gasteiger partial charge in [0.1, 0.15) is 0 Å². The number of para-hydroxylation sites is 4. The van der Waals surface area contributed by atoms with Crippen LogP contribution in [0.15, 0.2) is 212 Å². The highest BCUT2D eigenvalue weighted by Crippen LogP contribution is 2.45. The molecule has 4 aromatic heterocycles. The van der Waals surface area contributed by atoms with Gasteiger partial charge in [-0.25, -0.2) is 0 Å². The summed E-state index contributed by atoms with van der Waals surface area (Å²) in [5.41, 5.74) is 12.2. The Hall–Kier alpha value is -8.06. The Morgan fingerprint density at radius 3 is 1.79 bits per heavy atom. The van der Waals surface area contributed by atoms with Crippen LogP contribution in [0.5, 0.6) is 0 Å². The molecule has 6 heteroatoms. The second-order valence-electron chi connectivity index (χ2n) is 15.8. The first-order valence-corrected chi connectivity index (χ1v) is 21.7. The van der Waals surface area contributed by atoms with E-state index in [9.17, 15) is 0 Å². The molecular formula is C56H35N5S. The van der Waals surface area contributed by atoms with Crippen LogP contribution in [-0.4, -0.2) is 23.9 Å². The normalized spacial score (nSPS) is 11.9. The van der Waals surface area contributed by atoms with Crippen molar-refractivity contribution in [2.24, 2.45) is 0 Å². The molecular weight excluding hydrogens is 775 g/mol. The smallest absolute Gasteiger partial charge is 0.168 e. The monoisotopic (exact) mass is 809 g/mol. The van der Waals surface area contributed by atoms with Gasteiger partial charge in [-0.05, 0) is 66.2 Å².